The van der Waals surface area contributed by atoms with Crippen LogP contribution in [0.5, 0.6) is 0 Å². The molecule has 1 aromatic carbocycles. The van der Waals surface area contributed by atoms with Gasteiger partial charge in [-0.05, 0) is 38.1 Å². The van der Waals surface area contributed by atoms with E-state index >= 15 is 0 Å². The standard InChI is InChI=1S/C20H23FN6O/c1-13(2)24-18-11-22-12-23-19(18)26-5-7-27(8-6-26)20(28)17-10-14-9-15(21)3-4-16(14)25-17/h3-4,9-13,24-25H,5-8H2,1-2H3. The average molecular weight is 382 g/mol. The van der Waals surface area contributed by atoms with E-state index < -0.39 is 0 Å². The van der Waals surface area contributed by atoms with Crippen molar-refractivity contribution < 1.29 is 9.18 Å². The highest BCUT2D eigenvalue weighted by atomic mass is 19.1. The maximum atomic E-state index is 13.4. The van der Waals surface area contributed by atoms with Gasteiger partial charge in [-0.25, -0.2) is 14.4 Å². The molecule has 1 fully saturated rings. The van der Waals surface area contributed by atoms with E-state index in [1.54, 1.807) is 24.7 Å². The summed E-state index contributed by atoms with van der Waals surface area (Å²) in [4.78, 5) is 28.5. The second-order valence-electron chi connectivity index (χ2n) is 7.25. The third kappa shape index (κ3) is 3.62. The monoisotopic (exact) mass is 382 g/mol. The molecule has 0 aliphatic carbocycles. The van der Waals surface area contributed by atoms with Crippen LogP contribution in [0, 0.1) is 5.82 Å². The van der Waals surface area contributed by atoms with Gasteiger partial charge in [0.05, 0.1) is 11.9 Å². The number of aromatic nitrogens is 3. The Bertz CT molecular complexity index is 993. The van der Waals surface area contributed by atoms with Gasteiger partial charge in [-0.2, -0.15) is 0 Å². The lowest BCUT2D eigenvalue weighted by Gasteiger charge is -2.36. The molecule has 2 aromatic heterocycles. The van der Waals surface area contributed by atoms with Crippen LogP contribution >= 0.6 is 0 Å². The molecule has 146 valence electrons. The van der Waals surface area contributed by atoms with Crippen LogP contribution in [0.15, 0.2) is 36.8 Å². The van der Waals surface area contributed by atoms with E-state index in [-0.39, 0.29) is 17.8 Å². The van der Waals surface area contributed by atoms with Crippen LogP contribution in [0.1, 0.15) is 24.3 Å². The van der Waals surface area contributed by atoms with E-state index in [0.717, 1.165) is 17.0 Å². The zero-order valence-electron chi connectivity index (χ0n) is 15.9. The summed E-state index contributed by atoms with van der Waals surface area (Å²) >= 11 is 0. The van der Waals surface area contributed by atoms with Crippen LogP contribution in [-0.4, -0.2) is 58.0 Å². The topological polar surface area (TPSA) is 77.2 Å². The molecule has 3 heterocycles. The van der Waals surface area contributed by atoms with Crippen LogP contribution < -0.4 is 10.2 Å². The first-order valence-corrected chi connectivity index (χ1v) is 9.40. The number of carbonyl (C=O) groups excluding carboxylic acids is 1. The van der Waals surface area contributed by atoms with Gasteiger partial charge in [-0.15, -0.1) is 0 Å². The van der Waals surface area contributed by atoms with E-state index in [0.29, 0.717) is 37.3 Å². The van der Waals surface area contributed by atoms with Crippen molar-refractivity contribution in [3.63, 3.8) is 0 Å². The van der Waals surface area contributed by atoms with Gasteiger partial charge in [0, 0.05) is 43.1 Å². The molecule has 0 saturated carbocycles. The fraction of sp³-hybridized carbons (Fsp3) is 0.350. The minimum Gasteiger partial charge on any atom is -0.379 e. The lowest BCUT2D eigenvalue weighted by atomic mass is 10.2. The highest BCUT2D eigenvalue weighted by Crippen LogP contribution is 2.24. The summed E-state index contributed by atoms with van der Waals surface area (Å²) in [5.41, 5.74) is 2.14. The van der Waals surface area contributed by atoms with Crippen LogP contribution in [0.3, 0.4) is 0 Å². The molecule has 1 aliphatic heterocycles. The van der Waals surface area contributed by atoms with Crippen LogP contribution in [-0.2, 0) is 0 Å². The molecule has 3 aromatic rings. The van der Waals surface area contributed by atoms with Gasteiger partial charge < -0.3 is 20.1 Å². The molecule has 1 saturated heterocycles. The SMILES string of the molecule is CC(C)Nc1cncnc1N1CCN(C(=O)c2cc3cc(F)ccc3[nH]2)CC1. The van der Waals surface area contributed by atoms with Crippen molar-refractivity contribution in [2.75, 3.05) is 36.4 Å². The van der Waals surface area contributed by atoms with Crippen molar-refractivity contribution in [2.24, 2.45) is 0 Å². The fourth-order valence-corrected chi connectivity index (χ4v) is 3.50. The predicted octanol–water partition coefficient (Wildman–Crippen LogP) is 2.88. The van der Waals surface area contributed by atoms with Crippen molar-refractivity contribution in [2.45, 2.75) is 19.9 Å². The molecule has 0 atom stereocenters. The molecule has 0 unspecified atom stereocenters. The van der Waals surface area contributed by atoms with Crippen LogP contribution in [0.2, 0.25) is 0 Å². The number of amides is 1. The molecule has 4 rings (SSSR count). The van der Waals surface area contributed by atoms with Crippen molar-refractivity contribution in [3.8, 4) is 0 Å². The van der Waals surface area contributed by atoms with Gasteiger partial charge in [0.15, 0.2) is 5.82 Å². The average Bonchev–Trinajstić information content (AvgIpc) is 3.11. The normalized spacial score (nSPS) is 14.7. The summed E-state index contributed by atoms with van der Waals surface area (Å²) < 4.78 is 13.4. The number of hydrogen-bond donors (Lipinski definition) is 2. The molecular weight excluding hydrogens is 359 g/mol. The van der Waals surface area contributed by atoms with Gasteiger partial charge in [0.2, 0.25) is 0 Å². The number of benzene rings is 1. The molecule has 1 aliphatic rings. The molecule has 0 bridgehead atoms. The first kappa shape index (κ1) is 18.2. The Labute approximate surface area is 162 Å². The number of aromatic amines is 1. The van der Waals surface area contributed by atoms with Gasteiger partial charge in [0.1, 0.15) is 17.8 Å². The van der Waals surface area contributed by atoms with Gasteiger partial charge in [-0.1, -0.05) is 0 Å². The maximum Gasteiger partial charge on any atom is 0.270 e. The Hall–Kier alpha value is -3.16. The van der Waals surface area contributed by atoms with E-state index in [1.807, 2.05) is 4.90 Å². The van der Waals surface area contributed by atoms with Crippen LogP contribution in [0.4, 0.5) is 15.9 Å². The lowest BCUT2D eigenvalue weighted by Crippen LogP contribution is -2.49. The molecular formula is C20H23FN6O. The largest absolute Gasteiger partial charge is 0.379 e. The minimum absolute atomic E-state index is 0.0699. The van der Waals surface area contributed by atoms with E-state index in [1.165, 1.54) is 12.1 Å². The number of anilines is 2. The summed E-state index contributed by atoms with van der Waals surface area (Å²) in [6, 6.07) is 6.45. The first-order chi connectivity index (χ1) is 13.5. The second-order valence-corrected chi connectivity index (χ2v) is 7.25. The van der Waals surface area contributed by atoms with Gasteiger partial charge >= 0.3 is 0 Å². The van der Waals surface area contributed by atoms with E-state index in [4.69, 9.17) is 0 Å². The second kappa shape index (κ2) is 7.46. The van der Waals surface area contributed by atoms with Crippen molar-refractivity contribution in [1.29, 1.82) is 0 Å². The zero-order chi connectivity index (χ0) is 19.7. The molecule has 0 radical (unpaired) electrons. The zero-order valence-corrected chi connectivity index (χ0v) is 15.9. The number of fused-ring (bicyclic) bond motifs is 1. The first-order valence-electron chi connectivity index (χ1n) is 9.40. The highest BCUT2D eigenvalue weighted by molar-refractivity contribution is 5.98. The molecule has 28 heavy (non-hydrogen) atoms. The Morgan fingerprint density at radius 3 is 2.75 bits per heavy atom. The maximum absolute atomic E-state index is 13.4. The number of rotatable bonds is 4. The van der Waals surface area contributed by atoms with E-state index in [9.17, 15) is 9.18 Å². The lowest BCUT2D eigenvalue weighted by molar-refractivity contribution is 0.0741. The summed E-state index contributed by atoms with van der Waals surface area (Å²) in [6.07, 6.45) is 3.32. The number of carbonyl (C=O) groups is 1. The van der Waals surface area contributed by atoms with Crippen LogP contribution in [0.25, 0.3) is 10.9 Å². The predicted molar refractivity (Wildman–Crippen MR) is 107 cm³/mol. The summed E-state index contributed by atoms with van der Waals surface area (Å²) in [6.45, 7) is 6.69. The van der Waals surface area contributed by atoms with E-state index in [2.05, 4.69) is 39.0 Å². The number of H-pyrrole nitrogens is 1. The fourth-order valence-electron chi connectivity index (χ4n) is 3.50. The summed E-state index contributed by atoms with van der Waals surface area (Å²) in [5, 5.41) is 4.07. The molecule has 1 amide bonds. The number of nitrogens with one attached hydrogen (secondary N) is 2. The Balaban J connectivity index is 1.46. The Morgan fingerprint density at radius 2 is 2.00 bits per heavy atom. The minimum atomic E-state index is -0.310. The summed E-state index contributed by atoms with van der Waals surface area (Å²) in [7, 11) is 0. The number of piperazine rings is 1. The summed E-state index contributed by atoms with van der Waals surface area (Å²) in [5.74, 6) is 0.478. The smallest absolute Gasteiger partial charge is 0.270 e. The molecule has 2 N–H and O–H groups in total. The third-order valence-electron chi connectivity index (χ3n) is 4.82. The number of hydrogen-bond acceptors (Lipinski definition) is 5. The third-order valence-corrected chi connectivity index (χ3v) is 4.82. The Kier molecular flexibility index (Phi) is 4.85. The van der Waals surface area contributed by atoms with Gasteiger partial charge in [-0.3, -0.25) is 4.79 Å². The molecule has 7 nitrogen and oxygen atoms in total. The quantitative estimate of drug-likeness (QED) is 0.726. The van der Waals surface area contributed by atoms with Gasteiger partial charge in [0.25, 0.3) is 5.91 Å². The highest BCUT2D eigenvalue weighted by Gasteiger charge is 2.25. The number of halogens is 1. The Morgan fingerprint density at radius 1 is 1.21 bits per heavy atom. The van der Waals surface area contributed by atoms with Crippen molar-refractivity contribution in [1.82, 2.24) is 19.9 Å². The molecule has 8 heteroatoms. The number of nitrogens with zero attached hydrogens (tertiary/aromatic N) is 4. The van der Waals surface area contributed by atoms with Crippen molar-refractivity contribution in [3.05, 3.63) is 48.3 Å². The van der Waals surface area contributed by atoms with Crippen molar-refractivity contribution >= 4 is 28.3 Å². The molecule has 0 spiro atoms.